The molecule has 20 heavy (non-hydrogen) atoms. The lowest BCUT2D eigenvalue weighted by Crippen LogP contribution is -1.99. The second-order valence-corrected chi connectivity index (χ2v) is 4.16. The molecule has 3 heteroatoms. The fraction of sp³-hybridized carbons (Fsp3) is 0.176. The summed E-state index contributed by atoms with van der Waals surface area (Å²) in [5.74, 6) is 1.64. The molecule has 0 N–H and O–H groups in total. The number of benzene rings is 2. The largest absolute Gasteiger partial charge is 0.496 e. The summed E-state index contributed by atoms with van der Waals surface area (Å²) >= 11 is 0. The molecule has 0 bridgehead atoms. The third-order valence-electron chi connectivity index (χ3n) is 2.83. The fourth-order valence-electron chi connectivity index (χ4n) is 1.86. The summed E-state index contributed by atoms with van der Waals surface area (Å²) in [5.41, 5.74) is 2.02. The predicted octanol–water partition coefficient (Wildman–Crippen LogP) is 3.85. The highest BCUT2D eigenvalue weighted by molar-refractivity contribution is 5.74. The van der Waals surface area contributed by atoms with Crippen molar-refractivity contribution in [3.63, 3.8) is 0 Å². The highest BCUT2D eigenvalue weighted by atomic mass is 16.7. The van der Waals surface area contributed by atoms with E-state index in [1.807, 2.05) is 60.7 Å². The summed E-state index contributed by atoms with van der Waals surface area (Å²) in [7, 11) is 3.27. The minimum atomic E-state index is 0.236. The standard InChI is InChI=1S/C17H18O3/c1-18-13-20-17-10-6-4-8-15(17)12-11-14-7-3-5-9-16(14)19-2/h3-12H,13H2,1-2H3/b12-11+. The molecule has 2 aromatic rings. The Hall–Kier alpha value is -2.26. The van der Waals surface area contributed by atoms with Gasteiger partial charge < -0.3 is 14.2 Å². The van der Waals surface area contributed by atoms with Crippen LogP contribution in [0.25, 0.3) is 12.2 Å². The van der Waals surface area contributed by atoms with Crippen LogP contribution in [0.4, 0.5) is 0 Å². The van der Waals surface area contributed by atoms with E-state index in [9.17, 15) is 0 Å². The van der Waals surface area contributed by atoms with Crippen LogP contribution in [0.15, 0.2) is 48.5 Å². The lowest BCUT2D eigenvalue weighted by atomic mass is 10.1. The van der Waals surface area contributed by atoms with Gasteiger partial charge in [0.15, 0.2) is 6.79 Å². The molecule has 0 aromatic heterocycles. The molecular weight excluding hydrogens is 252 g/mol. The van der Waals surface area contributed by atoms with E-state index >= 15 is 0 Å². The number of para-hydroxylation sites is 2. The van der Waals surface area contributed by atoms with Crippen LogP contribution in [0.5, 0.6) is 11.5 Å². The molecule has 0 saturated carbocycles. The number of rotatable bonds is 6. The summed E-state index contributed by atoms with van der Waals surface area (Å²) in [5, 5.41) is 0. The normalized spacial score (nSPS) is 10.7. The van der Waals surface area contributed by atoms with Crippen molar-refractivity contribution < 1.29 is 14.2 Å². The van der Waals surface area contributed by atoms with Crippen LogP contribution in [0.1, 0.15) is 11.1 Å². The average molecular weight is 270 g/mol. The molecule has 2 rings (SSSR count). The van der Waals surface area contributed by atoms with Crippen molar-refractivity contribution in [1.82, 2.24) is 0 Å². The monoisotopic (exact) mass is 270 g/mol. The van der Waals surface area contributed by atoms with Crippen LogP contribution in [0.2, 0.25) is 0 Å². The quantitative estimate of drug-likeness (QED) is 0.589. The molecule has 0 amide bonds. The van der Waals surface area contributed by atoms with Crippen LogP contribution >= 0.6 is 0 Å². The number of hydrogen-bond donors (Lipinski definition) is 0. The Labute approximate surface area is 119 Å². The van der Waals surface area contributed by atoms with Crippen LogP contribution in [-0.2, 0) is 4.74 Å². The first-order valence-corrected chi connectivity index (χ1v) is 6.37. The molecule has 0 fully saturated rings. The van der Waals surface area contributed by atoms with Crippen molar-refractivity contribution in [2.45, 2.75) is 0 Å². The maximum Gasteiger partial charge on any atom is 0.188 e. The highest BCUT2D eigenvalue weighted by Crippen LogP contribution is 2.23. The predicted molar refractivity (Wildman–Crippen MR) is 80.9 cm³/mol. The van der Waals surface area contributed by atoms with E-state index in [1.54, 1.807) is 14.2 Å². The smallest absolute Gasteiger partial charge is 0.188 e. The number of hydrogen-bond acceptors (Lipinski definition) is 3. The van der Waals surface area contributed by atoms with Gasteiger partial charge in [0.2, 0.25) is 0 Å². The maximum atomic E-state index is 5.53. The molecule has 0 heterocycles. The minimum absolute atomic E-state index is 0.236. The minimum Gasteiger partial charge on any atom is -0.496 e. The summed E-state index contributed by atoms with van der Waals surface area (Å²) < 4.78 is 15.8. The molecule has 3 nitrogen and oxygen atoms in total. The first kappa shape index (κ1) is 14.2. The van der Waals surface area contributed by atoms with Gasteiger partial charge in [-0.3, -0.25) is 0 Å². The van der Waals surface area contributed by atoms with Gasteiger partial charge in [0.25, 0.3) is 0 Å². The summed E-state index contributed by atoms with van der Waals surface area (Å²) in [4.78, 5) is 0. The summed E-state index contributed by atoms with van der Waals surface area (Å²) in [6.45, 7) is 0.236. The molecule has 0 radical (unpaired) electrons. The van der Waals surface area contributed by atoms with Gasteiger partial charge in [-0.05, 0) is 12.1 Å². The van der Waals surface area contributed by atoms with Crippen LogP contribution < -0.4 is 9.47 Å². The second kappa shape index (κ2) is 7.36. The van der Waals surface area contributed by atoms with E-state index in [0.29, 0.717) is 0 Å². The zero-order valence-electron chi connectivity index (χ0n) is 11.7. The SMILES string of the molecule is COCOc1ccccc1/C=C/c1ccccc1OC. The first-order valence-electron chi connectivity index (χ1n) is 6.37. The average Bonchev–Trinajstić information content (AvgIpc) is 2.52. The summed E-state index contributed by atoms with van der Waals surface area (Å²) in [6.07, 6.45) is 4.01. The van der Waals surface area contributed by atoms with Crippen molar-refractivity contribution in [1.29, 1.82) is 0 Å². The molecule has 0 aliphatic rings. The molecule has 0 unspecified atom stereocenters. The Morgan fingerprint density at radius 2 is 1.35 bits per heavy atom. The zero-order valence-corrected chi connectivity index (χ0v) is 11.7. The lowest BCUT2D eigenvalue weighted by molar-refractivity contribution is 0.0510. The van der Waals surface area contributed by atoms with E-state index in [4.69, 9.17) is 14.2 Å². The topological polar surface area (TPSA) is 27.7 Å². The first-order chi connectivity index (χ1) is 9.85. The van der Waals surface area contributed by atoms with Crippen LogP contribution in [-0.4, -0.2) is 21.0 Å². The van der Waals surface area contributed by atoms with E-state index < -0.39 is 0 Å². The molecule has 2 aromatic carbocycles. The van der Waals surface area contributed by atoms with Gasteiger partial charge in [0.05, 0.1) is 7.11 Å². The van der Waals surface area contributed by atoms with Gasteiger partial charge in [-0.2, -0.15) is 0 Å². The zero-order chi connectivity index (χ0) is 14.2. The van der Waals surface area contributed by atoms with Crippen molar-refractivity contribution >= 4 is 12.2 Å². The van der Waals surface area contributed by atoms with E-state index in [1.165, 1.54) is 0 Å². The molecular formula is C17H18O3. The fourth-order valence-corrected chi connectivity index (χ4v) is 1.86. The highest BCUT2D eigenvalue weighted by Gasteiger charge is 2.01. The van der Waals surface area contributed by atoms with E-state index in [-0.39, 0.29) is 6.79 Å². The Morgan fingerprint density at radius 3 is 1.95 bits per heavy atom. The van der Waals surface area contributed by atoms with Gasteiger partial charge in [-0.25, -0.2) is 0 Å². The number of ether oxygens (including phenoxy) is 3. The van der Waals surface area contributed by atoms with Gasteiger partial charge in [0, 0.05) is 18.2 Å². The maximum absolute atomic E-state index is 5.53. The Bertz CT molecular complexity index is 576. The third kappa shape index (κ3) is 3.62. The van der Waals surface area contributed by atoms with Crippen molar-refractivity contribution in [2.75, 3.05) is 21.0 Å². The van der Waals surface area contributed by atoms with Gasteiger partial charge in [0.1, 0.15) is 11.5 Å². The Balaban J connectivity index is 2.22. The number of methoxy groups -OCH3 is 2. The molecule has 0 saturated heterocycles. The van der Waals surface area contributed by atoms with E-state index in [0.717, 1.165) is 22.6 Å². The second-order valence-electron chi connectivity index (χ2n) is 4.16. The van der Waals surface area contributed by atoms with Gasteiger partial charge in [-0.15, -0.1) is 0 Å². The third-order valence-corrected chi connectivity index (χ3v) is 2.83. The molecule has 104 valence electrons. The van der Waals surface area contributed by atoms with Crippen molar-refractivity contribution in [3.05, 3.63) is 59.7 Å². The Morgan fingerprint density at radius 1 is 0.800 bits per heavy atom. The van der Waals surface area contributed by atoms with Gasteiger partial charge >= 0.3 is 0 Å². The van der Waals surface area contributed by atoms with E-state index in [2.05, 4.69) is 0 Å². The Kier molecular flexibility index (Phi) is 5.21. The molecule has 0 spiro atoms. The molecule has 0 aliphatic carbocycles. The van der Waals surface area contributed by atoms with Crippen LogP contribution in [0, 0.1) is 0 Å². The summed E-state index contributed by atoms with van der Waals surface area (Å²) in [6, 6.07) is 15.7. The van der Waals surface area contributed by atoms with Crippen molar-refractivity contribution in [3.8, 4) is 11.5 Å². The lowest BCUT2D eigenvalue weighted by Gasteiger charge is -2.08. The van der Waals surface area contributed by atoms with Crippen molar-refractivity contribution in [2.24, 2.45) is 0 Å². The molecule has 0 atom stereocenters. The van der Waals surface area contributed by atoms with Crippen LogP contribution in [0.3, 0.4) is 0 Å². The van der Waals surface area contributed by atoms with Gasteiger partial charge in [-0.1, -0.05) is 48.6 Å². The molecule has 0 aliphatic heterocycles.